The quantitative estimate of drug-likeness (QED) is 0.516. The first-order valence-corrected chi connectivity index (χ1v) is 3.38. The van der Waals surface area contributed by atoms with E-state index in [0.29, 0.717) is 5.56 Å². The van der Waals surface area contributed by atoms with Crippen molar-refractivity contribution in [1.82, 2.24) is 4.98 Å². The monoisotopic (exact) mass is 162 g/mol. The first-order chi connectivity index (χ1) is 5.66. The van der Waals surface area contributed by atoms with Gasteiger partial charge in [-0.05, 0) is 18.6 Å². The first kappa shape index (κ1) is 8.72. The Balaban J connectivity index is 3.32. The van der Waals surface area contributed by atoms with Crippen LogP contribution in [-0.2, 0) is 0 Å². The first-order valence-electron chi connectivity index (χ1n) is 3.38. The van der Waals surface area contributed by atoms with Crippen LogP contribution in [0.15, 0.2) is 12.3 Å². The van der Waals surface area contributed by atoms with Crippen LogP contribution in [0.4, 0.5) is 0 Å². The summed E-state index contributed by atoms with van der Waals surface area (Å²) in [5.41, 5.74) is 0.890. The van der Waals surface area contributed by atoms with Crippen LogP contribution in [0, 0.1) is 18.3 Å². The van der Waals surface area contributed by atoms with E-state index >= 15 is 0 Å². The van der Waals surface area contributed by atoms with Gasteiger partial charge in [-0.2, -0.15) is 5.26 Å². The number of aromatic nitrogens is 1. The molecule has 4 nitrogen and oxygen atoms in total. The molecule has 0 bridgehead atoms. The third-order valence-corrected chi connectivity index (χ3v) is 1.57. The number of hydrogen-bond acceptors (Lipinski definition) is 4. The lowest BCUT2D eigenvalue weighted by Gasteiger charge is -2.04. The van der Waals surface area contributed by atoms with Crippen LogP contribution in [-0.4, -0.2) is 22.2 Å². The summed E-state index contributed by atoms with van der Waals surface area (Å²) >= 11 is 0. The Kier molecular flexibility index (Phi) is 2.43. The predicted molar refractivity (Wildman–Crippen MR) is 43.5 cm³/mol. The van der Waals surface area contributed by atoms with Gasteiger partial charge in [0.05, 0.1) is 0 Å². The molecule has 0 radical (unpaired) electrons. The van der Waals surface area contributed by atoms with Gasteiger partial charge in [0.15, 0.2) is 0 Å². The number of pyridine rings is 1. The summed E-state index contributed by atoms with van der Waals surface area (Å²) in [5, 5.41) is 26.3. The van der Waals surface area contributed by atoms with Crippen molar-refractivity contribution in [3.05, 3.63) is 23.5 Å². The second kappa shape index (κ2) is 3.35. The molecule has 0 atom stereocenters. The maximum atomic E-state index is 8.88. The maximum Gasteiger partial charge on any atom is 0.491 e. The Morgan fingerprint density at radius 3 is 2.67 bits per heavy atom. The summed E-state index contributed by atoms with van der Waals surface area (Å²) < 4.78 is 0. The van der Waals surface area contributed by atoms with Crippen LogP contribution >= 0.6 is 0 Å². The van der Waals surface area contributed by atoms with Crippen molar-refractivity contribution in [3.63, 3.8) is 0 Å². The van der Waals surface area contributed by atoms with Crippen LogP contribution in [0.3, 0.4) is 0 Å². The zero-order chi connectivity index (χ0) is 9.14. The van der Waals surface area contributed by atoms with Crippen molar-refractivity contribution >= 4 is 12.6 Å². The fourth-order valence-corrected chi connectivity index (χ4v) is 0.985. The molecule has 0 fully saturated rings. The Labute approximate surface area is 70.3 Å². The van der Waals surface area contributed by atoms with Crippen molar-refractivity contribution in [3.8, 4) is 6.07 Å². The minimum Gasteiger partial charge on any atom is -0.423 e. The summed E-state index contributed by atoms with van der Waals surface area (Å²) in [5.74, 6) is 0. The Morgan fingerprint density at radius 2 is 2.25 bits per heavy atom. The van der Waals surface area contributed by atoms with Crippen molar-refractivity contribution in [2.24, 2.45) is 0 Å². The highest BCUT2D eigenvalue weighted by Crippen LogP contribution is 1.96. The lowest BCUT2D eigenvalue weighted by Crippen LogP contribution is -2.35. The van der Waals surface area contributed by atoms with Crippen LogP contribution in [0.2, 0.25) is 0 Å². The number of rotatable bonds is 1. The third kappa shape index (κ3) is 1.45. The molecule has 0 aliphatic rings. The van der Waals surface area contributed by atoms with Gasteiger partial charge in [-0.1, -0.05) is 0 Å². The molecule has 1 heterocycles. The normalized spacial score (nSPS) is 9.17. The molecule has 5 heteroatoms. The molecule has 1 aromatic rings. The summed E-state index contributed by atoms with van der Waals surface area (Å²) in [6.45, 7) is 1.69. The molecule has 0 aliphatic heterocycles. The van der Waals surface area contributed by atoms with Crippen molar-refractivity contribution < 1.29 is 10.0 Å². The topological polar surface area (TPSA) is 77.1 Å². The average molecular weight is 162 g/mol. The van der Waals surface area contributed by atoms with E-state index in [1.165, 1.54) is 6.20 Å². The molecule has 2 N–H and O–H groups in total. The van der Waals surface area contributed by atoms with Gasteiger partial charge < -0.3 is 10.0 Å². The van der Waals surface area contributed by atoms with Gasteiger partial charge in [0.1, 0.15) is 11.8 Å². The SMILES string of the molecule is Cc1ccnc(C#N)c1B(O)O. The summed E-state index contributed by atoms with van der Waals surface area (Å²) in [6, 6.07) is 3.41. The molecule has 0 unspecified atom stereocenters. The van der Waals surface area contributed by atoms with Gasteiger partial charge in [0.25, 0.3) is 0 Å². The lowest BCUT2D eigenvalue weighted by molar-refractivity contribution is 0.425. The highest BCUT2D eigenvalue weighted by atomic mass is 16.4. The number of hydrogen-bond donors (Lipinski definition) is 2. The highest BCUT2D eigenvalue weighted by Gasteiger charge is 2.18. The van der Waals surface area contributed by atoms with E-state index < -0.39 is 7.12 Å². The molecule has 12 heavy (non-hydrogen) atoms. The molecule has 0 aromatic carbocycles. The van der Waals surface area contributed by atoms with Crippen molar-refractivity contribution in [1.29, 1.82) is 5.26 Å². The van der Waals surface area contributed by atoms with E-state index in [9.17, 15) is 0 Å². The second-order valence-corrected chi connectivity index (χ2v) is 2.38. The molecule has 60 valence electrons. The molecule has 0 aliphatic carbocycles. The second-order valence-electron chi connectivity index (χ2n) is 2.38. The zero-order valence-corrected chi connectivity index (χ0v) is 6.52. The molecule has 0 amide bonds. The minimum atomic E-state index is -1.63. The lowest BCUT2D eigenvalue weighted by atomic mass is 9.76. The Bertz CT molecular complexity index is 333. The smallest absolute Gasteiger partial charge is 0.423 e. The van der Waals surface area contributed by atoms with Crippen LogP contribution in [0.1, 0.15) is 11.3 Å². The zero-order valence-electron chi connectivity index (χ0n) is 6.52. The largest absolute Gasteiger partial charge is 0.491 e. The van der Waals surface area contributed by atoms with E-state index in [-0.39, 0.29) is 11.2 Å². The van der Waals surface area contributed by atoms with E-state index in [0.717, 1.165) is 0 Å². The van der Waals surface area contributed by atoms with E-state index in [4.69, 9.17) is 15.3 Å². The van der Waals surface area contributed by atoms with Crippen molar-refractivity contribution in [2.45, 2.75) is 6.92 Å². The van der Waals surface area contributed by atoms with E-state index in [2.05, 4.69) is 4.98 Å². The van der Waals surface area contributed by atoms with Gasteiger partial charge in [-0.3, -0.25) is 0 Å². The van der Waals surface area contributed by atoms with Gasteiger partial charge in [0.2, 0.25) is 0 Å². The van der Waals surface area contributed by atoms with Gasteiger partial charge in [0, 0.05) is 11.7 Å². The van der Waals surface area contributed by atoms with Crippen molar-refractivity contribution in [2.75, 3.05) is 0 Å². The summed E-state index contributed by atoms with van der Waals surface area (Å²) in [4.78, 5) is 3.70. The van der Waals surface area contributed by atoms with Gasteiger partial charge >= 0.3 is 7.12 Å². The Morgan fingerprint density at radius 1 is 1.58 bits per heavy atom. The molecule has 1 aromatic heterocycles. The number of nitrogens with zero attached hydrogens (tertiary/aromatic N) is 2. The molecular weight excluding hydrogens is 155 g/mol. The maximum absolute atomic E-state index is 8.88. The molecule has 0 saturated heterocycles. The van der Waals surface area contributed by atoms with E-state index in [1.54, 1.807) is 19.1 Å². The predicted octanol–water partition coefficient (Wildman–Crippen LogP) is -1.06. The standard InChI is InChI=1S/C7H7BN2O2/c1-5-2-3-10-6(4-9)7(5)8(11)12/h2-3,11-12H,1H3. The van der Waals surface area contributed by atoms with Crippen LogP contribution < -0.4 is 5.46 Å². The van der Waals surface area contributed by atoms with Crippen LogP contribution in [0.25, 0.3) is 0 Å². The number of aryl methyl sites for hydroxylation is 1. The fourth-order valence-electron chi connectivity index (χ4n) is 0.985. The average Bonchev–Trinajstić information content (AvgIpc) is 2.03. The van der Waals surface area contributed by atoms with E-state index in [1.807, 2.05) is 0 Å². The van der Waals surface area contributed by atoms with Gasteiger partial charge in [-0.15, -0.1) is 0 Å². The highest BCUT2D eigenvalue weighted by molar-refractivity contribution is 6.59. The minimum absolute atomic E-state index is 0.0602. The molecule has 0 spiro atoms. The van der Waals surface area contributed by atoms with Gasteiger partial charge in [-0.25, -0.2) is 4.98 Å². The molecule has 0 saturated carbocycles. The summed E-state index contributed by atoms with van der Waals surface area (Å²) in [6.07, 6.45) is 1.46. The van der Waals surface area contributed by atoms with Crippen LogP contribution in [0.5, 0.6) is 0 Å². The molecule has 1 rings (SSSR count). The Hall–Kier alpha value is -1.38. The third-order valence-electron chi connectivity index (χ3n) is 1.57. The molecular formula is C7H7BN2O2. The number of nitriles is 1. The summed E-state index contributed by atoms with van der Waals surface area (Å²) in [7, 11) is -1.63. The fraction of sp³-hybridized carbons (Fsp3) is 0.143.